The molecule has 98 valence electrons. The van der Waals surface area contributed by atoms with Crippen LogP contribution in [-0.2, 0) is 14.9 Å². The molecule has 0 heterocycles. The molecular weight excluding hydrogens is 226 g/mol. The fourth-order valence-electron chi connectivity index (χ4n) is 2.27. The number of hydrogen-bond donors (Lipinski definition) is 1. The van der Waals surface area contributed by atoms with E-state index in [4.69, 9.17) is 10.5 Å². The molecule has 1 atom stereocenters. The van der Waals surface area contributed by atoms with Crippen LogP contribution in [0, 0.1) is 0 Å². The van der Waals surface area contributed by atoms with Crippen LogP contribution in [0.15, 0.2) is 30.3 Å². The largest absolute Gasteiger partial charge is 0.459 e. The van der Waals surface area contributed by atoms with Crippen molar-refractivity contribution < 1.29 is 9.53 Å². The third-order valence-electron chi connectivity index (χ3n) is 3.39. The zero-order valence-corrected chi connectivity index (χ0v) is 11.3. The molecule has 0 bridgehead atoms. The first-order valence-corrected chi connectivity index (χ1v) is 6.39. The second-order valence-electron chi connectivity index (χ2n) is 6.03. The molecule has 1 aliphatic rings. The van der Waals surface area contributed by atoms with Gasteiger partial charge in [0, 0.05) is 5.41 Å². The first-order chi connectivity index (χ1) is 8.35. The molecule has 0 unspecified atom stereocenters. The van der Waals surface area contributed by atoms with Crippen molar-refractivity contribution >= 4 is 5.97 Å². The second-order valence-corrected chi connectivity index (χ2v) is 6.03. The molecule has 2 rings (SSSR count). The minimum absolute atomic E-state index is 0.205. The molecule has 0 aromatic heterocycles. The van der Waals surface area contributed by atoms with Gasteiger partial charge in [0.2, 0.25) is 0 Å². The van der Waals surface area contributed by atoms with E-state index < -0.39 is 11.6 Å². The van der Waals surface area contributed by atoms with Gasteiger partial charge < -0.3 is 10.5 Å². The van der Waals surface area contributed by atoms with Crippen LogP contribution in [0.2, 0.25) is 0 Å². The molecule has 0 saturated heterocycles. The Morgan fingerprint density at radius 3 is 2.28 bits per heavy atom. The molecule has 1 saturated carbocycles. The molecule has 0 spiro atoms. The molecule has 3 nitrogen and oxygen atoms in total. The average molecular weight is 247 g/mol. The number of carbonyl (C=O) groups excluding carboxylic acids is 1. The minimum Gasteiger partial charge on any atom is -0.459 e. The summed E-state index contributed by atoms with van der Waals surface area (Å²) in [5, 5.41) is 0. The standard InChI is InChI=1S/C15H21NO2/c1-14(2,3)18-13(17)12(16)15(9-10-15)11-7-5-4-6-8-11/h4-8,12H,9-10,16H2,1-3H3/t12-/m0/s1. The molecule has 1 aromatic rings. The maximum absolute atomic E-state index is 12.1. The van der Waals surface area contributed by atoms with Gasteiger partial charge >= 0.3 is 5.97 Å². The molecule has 2 N–H and O–H groups in total. The van der Waals surface area contributed by atoms with Gasteiger partial charge in [0.1, 0.15) is 11.6 Å². The van der Waals surface area contributed by atoms with Gasteiger partial charge in [0.05, 0.1) is 0 Å². The number of nitrogens with two attached hydrogens (primary N) is 1. The van der Waals surface area contributed by atoms with Gasteiger partial charge in [-0.3, -0.25) is 4.79 Å². The first-order valence-electron chi connectivity index (χ1n) is 6.39. The van der Waals surface area contributed by atoms with Crippen LogP contribution in [0.1, 0.15) is 39.2 Å². The molecule has 3 heteroatoms. The molecular formula is C15H21NO2. The Morgan fingerprint density at radius 1 is 1.28 bits per heavy atom. The number of esters is 1. The van der Waals surface area contributed by atoms with Gasteiger partial charge in [-0.15, -0.1) is 0 Å². The van der Waals surface area contributed by atoms with Crippen LogP contribution in [0.3, 0.4) is 0 Å². The highest BCUT2D eigenvalue weighted by Crippen LogP contribution is 2.50. The number of rotatable bonds is 3. The second kappa shape index (κ2) is 4.39. The summed E-state index contributed by atoms with van der Waals surface area (Å²) in [5.41, 5.74) is 6.57. The average Bonchev–Trinajstić information content (AvgIpc) is 3.08. The SMILES string of the molecule is CC(C)(C)OC(=O)[C@H](N)C1(c2ccccc2)CC1. The van der Waals surface area contributed by atoms with Gasteiger partial charge in [-0.25, -0.2) is 0 Å². The van der Waals surface area contributed by atoms with E-state index in [1.807, 2.05) is 51.1 Å². The zero-order valence-electron chi connectivity index (χ0n) is 11.3. The van der Waals surface area contributed by atoms with Gasteiger partial charge in [-0.2, -0.15) is 0 Å². The summed E-state index contributed by atoms with van der Waals surface area (Å²) in [4.78, 5) is 12.1. The lowest BCUT2D eigenvalue weighted by Crippen LogP contribution is -2.45. The fraction of sp³-hybridized carbons (Fsp3) is 0.533. The van der Waals surface area contributed by atoms with Crippen molar-refractivity contribution in [2.24, 2.45) is 5.73 Å². The fourth-order valence-corrected chi connectivity index (χ4v) is 2.27. The van der Waals surface area contributed by atoms with Crippen molar-refractivity contribution in [2.75, 3.05) is 0 Å². The molecule has 0 amide bonds. The summed E-state index contributed by atoms with van der Waals surface area (Å²) >= 11 is 0. The number of benzene rings is 1. The van der Waals surface area contributed by atoms with E-state index in [9.17, 15) is 4.79 Å². The van der Waals surface area contributed by atoms with E-state index in [0.717, 1.165) is 18.4 Å². The summed E-state index contributed by atoms with van der Waals surface area (Å²) in [7, 11) is 0. The summed E-state index contributed by atoms with van der Waals surface area (Å²) in [6.07, 6.45) is 1.91. The first kappa shape index (κ1) is 13.1. The van der Waals surface area contributed by atoms with Crippen molar-refractivity contribution in [3.05, 3.63) is 35.9 Å². The lowest BCUT2D eigenvalue weighted by atomic mass is 9.88. The van der Waals surface area contributed by atoms with Crippen LogP contribution in [-0.4, -0.2) is 17.6 Å². The van der Waals surface area contributed by atoms with Gasteiger partial charge in [0.15, 0.2) is 0 Å². The Hall–Kier alpha value is -1.35. The summed E-state index contributed by atoms with van der Waals surface area (Å²) in [5.74, 6) is -0.302. The Morgan fingerprint density at radius 2 is 1.83 bits per heavy atom. The van der Waals surface area contributed by atoms with Crippen LogP contribution in [0.25, 0.3) is 0 Å². The molecule has 18 heavy (non-hydrogen) atoms. The monoisotopic (exact) mass is 247 g/mol. The highest BCUT2D eigenvalue weighted by Gasteiger charge is 2.53. The predicted octanol–water partition coefficient (Wildman–Crippen LogP) is 2.39. The van der Waals surface area contributed by atoms with Gasteiger partial charge in [-0.1, -0.05) is 30.3 Å². The van der Waals surface area contributed by atoms with E-state index in [1.165, 1.54) is 0 Å². The maximum atomic E-state index is 12.1. The molecule has 1 aliphatic carbocycles. The minimum atomic E-state index is -0.570. The summed E-state index contributed by atoms with van der Waals surface area (Å²) < 4.78 is 5.38. The Kier molecular flexibility index (Phi) is 3.20. The van der Waals surface area contributed by atoms with E-state index in [-0.39, 0.29) is 11.4 Å². The Bertz CT molecular complexity index is 430. The third kappa shape index (κ3) is 2.56. The van der Waals surface area contributed by atoms with Crippen molar-refractivity contribution in [1.29, 1.82) is 0 Å². The maximum Gasteiger partial charge on any atom is 0.324 e. The van der Waals surface area contributed by atoms with Crippen LogP contribution in [0.5, 0.6) is 0 Å². The number of hydrogen-bond acceptors (Lipinski definition) is 3. The smallest absolute Gasteiger partial charge is 0.324 e. The van der Waals surface area contributed by atoms with Crippen molar-refractivity contribution in [2.45, 2.75) is 50.7 Å². The number of carbonyl (C=O) groups is 1. The van der Waals surface area contributed by atoms with E-state index >= 15 is 0 Å². The third-order valence-corrected chi connectivity index (χ3v) is 3.39. The lowest BCUT2D eigenvalue weighted by Gasteiger charge is -2.27. The quantitative estimate of drug-likeness (QED) is 0.834. The van der Waals surface area contributed by atoms with Crippen LogP contribution < -0.4 is 5.73 Å². The highest BCUT2D eigenvalue weighted by molar-refractivity contribution is 5.79. The summed E-state index contributed by atoms with van der Waals surface area (Å²) in [6.45, 7) is 5.58. The van der Waals surface area contributed by atoms with E-state index in [0.29, 0.717) is 0 Å². The Labute approximate surface area is 108 Å². The van der Waals surface area contributed by atoms with E-state index in [2.05, 4.69) is 0 Å². The normalized spacial score (nSPS) is 19.1. The zero-order chi connectivity index (χ0) is 13.4. The number of ether oxygens (including phenoxy) is 1. The van der Waals surface area contributed by atoms with E-state index in [1.54, 1.807) is 0 Å². The molecule has 1 fully saturated rings. The van der Waals surface area contributed by atoms with Crippen molar-refractivity contribution in [1.82, 2.24) is 0 Å². The predicted molar refractivity (Wildman–Crippen MR) is 71.2 cm³/mol. The van der Waals surface area contributed by atoms with Crippen molar-refractivity contribution in [3.8, 4) is 0 Å². The molecule has 0 radical (unpaired) electrons. The highest BCUT2D eigenvalue weighted by atomic mass is 16.6. The lowest BCUT2D eigenvalue weighted by molar-refractivity contribution is -0.157. The van der Waals surface area contributed by atoms with Crippen molar-refractivity contribution in [3.63, 3.8) is 0 Å². The van der Waals surface area contributed by atoms with Crippen LogP contribution in [0.4, 0.5) is 0 Å². The molecule has 0 aliphatic heterocycles. The van der Waals surface area contributed by atoms with Gasteiger partial charge in [-0.05, 0) is 39.2 Å². The topological polar surface area (TPSA) is 52.3 Å². The molecule has 1 aromatic carbocycles. The van der Waals surface area contributed by atoms with Crippen LogP contribution >= 0.6 is 0 Å². The summed E-state index contributed by atoms with van der Waals surface area (Å²) in [6, 6.07) is 9.45. The van der Waals surface area contributed by atoms with Gasteiger partial charge in [0.25, 0.3) is 0 Å². The Balaban J connectivity index is 2.14.